The predicted octanol–water partition coefficient (Wildman–Crippen LogP) is -6.68. The molecule has 1 aromatic carbocycles. The Morgan fingerprint density at radius 2 is 0.981 bits per heavy atom. The van der Waals surface area contributed by atoms with Crippen LogP contribution in [0.25, 0.3) is 0 Å². The minimum atomic E-state index is -1.70. The smallest absolute Gasteiger partial charge is 0.328 e. The number of carbonyl (C=O) groups excluding carboxylic acids is 6. The lowest BCUT2D eigenvalue weighted by atomic mass is 10.0. The van der Waals surface area contributed by atoms with Crippen LogP contribution in [-0.2, 0) is 40.0 Å². The number of aliphatic hydroxyl groups is 2. The summed E-state index contributed by atoms with van der Waals surface area (Å²) in [6.45, 7) is 1.81. The van der Waals surface area contributed by atoms with Gasteiger partial charge < -0.3 is 75.9 Å². The molecule has 21 nitrogen and oxygen atoms in total. The van der Waals surface area contributed by atoms with E-state index in [1.165, 1.54) is 6.92 Å². The molecule has 0 aromatic heterocycles. The molecule has 0 aliphatic heterocycles. The highest BCUT2D eigenvalue weighted by atomic mass is 16.4. The van der Waals surface area contributed by atoms with E-state index in [1.54, 1.807) is 30.3 Å². The van der Waals surface area contributed by atoms with Gasteiger partial charge in [0.2, 0.25) is 35.4 Å². The zero-order valence-electron chi connectivity index (χ0n) is 29.8. The number of aliphatic carboxylic acids is 1. The SMILES string of the molecule is C[C@@H](O)[C@H](NC(=O)[C@H](CN)NC(=O)[C@H](CCN)NC(=O)[C@@H](NC(=O)[C@@H](Cc1ccccc1)NC(=O)[C@H](CCN)NC(=O)[C@@H](N)CCN)[C@@H](C)O)C(=O)O. The summed E-state index contributed by atoms with van der Waals surface area (Å²) in [5.74, 6) is -6.90. The fraction of sp³-hybridized carbons (Fsp3) is 0.594. The Bertz CT molecular complexity index is 1370. The first-order valence-corrected chi connectivity index (χ1v) is 17.0. The molecule has 0 radical (unpaired) electrons. The molecule has 0 heterocycles. The van der Waals surface area contributed by atoms with Gasteiger partial charge in [0.25, 0.3) is 0 Å². The highest BCUT2D eigenvalue weighted by molar-refractivity contribution is 5.97. The second kappa shape index (κ2) is 23.7. The first kappa shape index (κ1) is 46.3. The monoisotopic (exact) mass is 753 g/mol. The molecule has 53 heavy (non-hydrogen) atoms. The van der Waals surface area contributed by atoms with Crippen LogP contribution in [0.5, 0.6) is 0 Å². The fourth-order valence-electron chi connectivity index (χ4n) is 4.86. The Kier molecular flexibility index (Phi) is 20.7. The zero-order valence-corrected chi connectivity index (χ0v) is 29.8. The molecule has 0 saturated carbocycles. The van der Waals surface area contributed by atoms with E-state index >= 15 is 0 Å². The maximum atomic E-state index is 13.7. The van der Waals surface area contributed by atoms with E-state index in [9.17, 15) is 48.9 Å². The average Bonchev–Trinajstić information content (AvgIpc) is 3.10. The van der Waals surface area contributed by atoms with Crippen molar-refractivity contribution in [1.29, 1.82) is 0 Å². The molecule has 0 aliphatic rings. The Balaban J connectivity index is 3.23. The molecule has 0 aliphatic carbocycles. The Morgan fingerprint density at radius 1 is 0.566 bits per heavy atom. The number of nitrogens with two attached hydrogens (primary N) is 5. The number of benzene rings is 1. The number of carboxylic acid groups (broad SMARTS) is 1. The summed E-state index contributed by atoms with van der Waals surface area (Å²) in [4.78, 5) is 90.4. The molecule has 9 atom stereocenters. The third kappa shape index (κ3) is 15.8. The largest absolute Gasteiger partial charge is 0.480 e. The number of carboxylic acids is 1. The molecule has 0 fully saturated rings. The van der Waals surface area contributed by atoms with E-state index in [0.717, 1.165) is 6.92 Å². The first-order chi connectivity index (χ1) is 25.0. The van der Waals surface area contributed by atoms with Crippen molar-refractivity contribution >= 4 is 41.4 Å². The van der Waals surface area contributed by atoms with Gasteiger partial charge in [0.1, 0.15) is 30.2 Å². The van der Waals surface area contributed by atoms with Crippen LogP contribution >= 0.6 is 0 Å². The minimum absolute atomic E-state index is 0.0106. The van der Waals surface area contributed by atoms with E-state index in [1.807, 2.05) is 0 Å². The van der Waals surface area contributed by atoms with Crippen molar-refractivity contribution in [3.05, 3.63) is 35.9 Å². The number of carbonyl (C=O) groups is 7. The van der Waals surface area contributed by atoms with Crippen molar-refractivity contribution in [2.45, 2.75) is 94.0 Å². The van der Waals surface area contributed by atoms with Crippen LogP contribution in [0.15, 0.2) is 30.3 Å². The number of hydrogen-bond acceptors (Lipinski definition) is 14. The van der Waals surface area contributed by atoms with E-state index < -0.39 is 102 Å². The Morgan fingerprint density at radius 3 is 1.43 bits per heavy atom. The topological polar surface area (TPSA) is 382 Å². The summed E-state index contributed by atoms with van der Waals surface area (Å²) in [5, 5.41) is 43.7. The molecule has 0 saturated heterocycles. The second-order valence-corrected chi connectivity index (χ2v) is 12.3. The van der Waals surface area contributed by atoms with E-state index in [-0.39, 0.29) is 45.3 Å². The third-order valence-corrected chi connectivity index (χ3v) is 7.88. The zero-order chi connectivity index (χ0) is 40.2. The summed E-state index contributed by atoms with van der Waals surface area (Å²) in [6.07, 6.45) is -3.15. The van der Waals surface area contributed by atoms with Crippen LogP contribution in [0.1, 0.15) is 38.7 Å². The molecule has 1 rings (SSSR count). The lowest BCUT2D eigenvalue weighted by Crippen LogP contribution is -2.62. The molecule has 1 aromatic rings. The summed E-state index contributed by atoms with van der Waals surface area (Å²) in [5.41, 5.74) is 28.9. The van der Waals surface area contributed by atoms with Crippen LogP contribution in [0.2, 0.25) is 0 Å². The van der Waals surface area contributed by atoms with Crippen LogP contribution in [-0.4, -0.2) is 137 Å². The third-order valence-electron chi connectivity index (χ3n) is 7.88. The van der Waals surface area contributed by atoms with E-state index in [0.29, 0.717) is 5.56 Å². The number of rotatable bonds is 24. The van der Waals surface area contributed by atoms with Gasteiger partial charge in [-0.15, -0.1) is 0 Å². The van der Waals surface area contributed by atoms with E-state index in [2.05, 4.69) is 31.9 Å². The van der Waals surface area contributed by atoms with Gasteiger partial charge in [-0.3, -0.25) is 28.8 Å². The molecule has 0 spiro atoms. The predicted molar refractivity (Wildman–Crippen MR) is 191 cm³/mol. The molecule has 0 unspecified atom stereocenters. The van der Waals surface area contributed by atoms with Crippen molar-refractivity contribution in [3.63, 3.8) is 0 Å². The van der Waals surface area contributed by atoms with Crippen LogP contribution in [0.4, 0.5) is 0 Å². The van der Waals surface area contributed by atoms with Crippen molar-refractivity contribution in [1.82, 2.24) is 31.9 Å². The fourth-order valence-corrected chi connectivity index (χ4v) is 4.86. The van der Waals surface area contributed by atoms with Crippen LogP contribution in [0.3, 0.4) is 0 Å². The molecule has 19 N–H and O–H groups in total. The summed E-state index contributed by atoms with van der Waals surface area (Å²) >= 11 is 0. The summed E-state index contributed by atoms with van der Waals surface area (Å²) in [6, 6.07) is -1.32. The molecular formula is C32H55N11O10. The van der Waals surface area contributed by atoms with Gasteiger partial charge in [0.15, 0.2) is 6.04 Å². The van der Waals surface area contributed by atoms with E-state index in [4.69, 9.17) is 28.7 Å². The minimum Gasteiger partial charge on any atom is -0.480 e. The Hall–Kier alpha value is -4.77. The molecule has 6 amide bonds. The van der Waals surface area contributed by atoms with Crippen molar-refractivity contribution in [3.8, 4) is 0 Å². The quantitative estimate of drug-likeness (QED) is 0.0467. The normalized spacial score (nSPS) is 16.2. The van der Waals surface area contributed by atoms with Gasteiger partial charge in [0.05, 0.1) is 18.2 Å². The molecule has 21 heteroatoms. The van der Waals surface area contributed by atoms with Crippen molar-refractivity contribution in [2.75, 3.05) is 26.2 Å². The highest BCUT2D eigenvalue weighted by Gasteiger charge is 2.35. The van der Waals surface area contributed by atoms with Crippen molar-refractivity contribution in [2.24, 2.45) is 28.7 Å². The number of amides is 6. The molecule has 298 valence electrons. The maximum absolute atomic E-state index is 13.7. The van der Waals surface area contributed by atoms with Gasteiger partial charge in [0, 0.05) is 13.0 Å². The van der Waals surface area contributed by atoms with Gasteiger partial charge in [-0.1, -0.05) is 30.3 Å². The number of hydrogen-bond donors (Lipinski definition) is 14. The van der Waals surface area contributed by atoms with Gasteiger partial charge >= 0.3 is 5.97 Å². The standard InChI is InChI=1S/C32H55N11O10/c1-16(44)24(31(51)39-21(10-13-35)28(48)41-23(15-36)30(50)43-25(17(2)45)32(52)53)42-29(49)22(14-18-6-4-3-5-7-18)40-27(47)20(9-12-34)38-26(46)19(37)8-11-33/h3-7,16-17,19-25,44-45H,8-15,33-37H2,1-2H3,(H,38,46)(H,39,51)(H,40,47)(H,41,48)(H,42,49)(H,43,50)(H,52,53)/t16-,17-,19+,20+,21+,22-,23+,24+,25+/m1/s1. The molecular weight excluding hydrogens is 698 g/mol. The lowest BCUT2D eigenvalue weighted by molar-refractivity contribution is -0.145. The lowest BCUT2D eigenvalue weighted by Gasteiger charge is -2.28. The van der Waals surface area contributed by atoms with Gasteiger partial charge in [-0.2, -0.15) is 0 Å². The second-order valence-electron chi connectivity index (χ2n) is 12.3. The average molecular weight is 754 g/mol. The van der Waals surface area contributed by atoms with Crippen LogP contribution in [0, 0.1) is 0 Å². The summed E-state index contributed by atoms with van der Waals surface area (Å²) in [7, 11) is 0. The maximum Gasteiger partial charge on any atom is 0.328 e. The highest BCUT2D eigenvalue weighted by Crippen LogP contribution is 2.07. The number of aliphatic hydroxyl groups excluding tert-OH is 2. The van der Waals surface area contributed by atoms with Crippen molar-refractivity contribution < 1.29 is 48.9 Å². The first-order valence-electron chi connectivity index (χ1n) is 17.0. The molecule has 0 bridgehead atoms. The van der Waals surface area contributed by atoms with Crippen LogP contribution < -0.4 is 60.6 Å². The summed E-state index contributed by atoms with van der Waals surface area (Å²) < 4.78 is 0. The Labute approximate surface area is 306 Å². The van der Waals surface area contributed by atoms with Gasteiger partial charge in [-0.05, 0) is 58.3 Å². The van der Waals surface area contributed by atoms with Gasteiger partial charge in [-0.25, -0.2) is 4.79 Å². The number of nitrogens with one attached hydrogen (secondary N) is 6.